The number of para-hydroxylation sites is 1. The summed E-state index contributed by atoms with van der Waals surface area (Å²) in [5.74, 6) is -0.301. The van der Waals surface area contributed by atoms with E-state index in [0.29, 0.717) is 0 Å². The van der Waals surface area contributed by atoms with Crippen LogP contribution in [0.3, 0.4) is 0 Å². The third-order valence-electron chi connectivity index (χ3n) is 3.79. The molecule has 1 saturated carbocycles. The van der Waals surface area contributed by atoms with Gasteiger partial charge < -0.3 is 15.4 Å². The van der Waals surface area contributed by atoms with Gasteiger partial charge in [0.1, 0.15) is 5.69 Å². The highest BCUT2D eigenvalue weighted by Gasteiger charge is 2.27. The van der Waals surface area contributed by atoms with Crippen LogP contribution in [0, 0.1) is 10.1 Å². The van der Waals surface area contributed by atoms with Crippen molar-refractivity contribution in [2.24, 2.45) is 0 Å². The maximum atomic E-state index is 12.3. The minimum absolute atomic E-state index is 0.0476. The second-order valence-corrected chi connectivity index (χ2v) is 5.05. The van der Waals surface area contributed by atoms with Crippen molar-refractivity contribution in [3.63, 3.8) is 0 Å². The Morgan fingerprint density at radius 3 is 2.76 bits per heavy atom. The van der Waals surface area contributed by atoms with E-state index in [1.807, 2.05) is 0 Å². The van der Waals surface area contributed by atoms with E-state index in [9.17, 15) is 14.9 Å². The Hall–Kier alpha value is -2.15. The third kappa shape index (κ3) is 3.30. The zero-order chi connectivity index (χ0) is 15.4. The number of benzene rings is 1. The molecule has 2 rings (SSSR count). The van der Waals surface area contributed by atoms with Crippen LogP contribution >= 0.6 is 0 Å². The minimum Gasteiger partial charge on any atom is -0.382 e. The summed E-state index contributed by atoms with van der Waals surface area (Å²) in [6, 6.07) is 4.52. The molecule has 2 unspecified atom stereocenters. The van der Waals surface area contributed by atoms with Gasteiger partial charge in [0.05, 0.1) is 16.6 Å². The first-order valence-corrected chi connectivity index (χ1v) is 6.85. The molecule has 1 fully saturated rings. The monoisotopic (exact) mass is 293 g/mol. The second kappa shape index (κ2) is 6.53. The maximum absolute atomic E-state index is 12.3. The Morgan fingerprint density at radius 1 is 1.43 bits per heavy atom. The summed E-state index contributed by atoms with van der Waals surface area (Å²) >= 11 is 0. The summed E-state index contributed by atoms with van der Waals surface area (Å²) in [4.78, 5) is 22.8. The van der Waals surface area contributed by atoms with Crippen molar-refractivity contribution in [2.75, 3.05) is 19.5 Å². The molecule has 21 heavy (non-hydrogen) atoms. The van der Waals surface area contributed by atoms with Crippen molar-refractivity contribution in [1.29, 1.82) is 0 Å². The average molecular weight is 293 g/mol. The number of hydrogen-bond donors (Lipinski definition) is 2. The largest absolute Gasteiger partial charge is 0.382 e. The lowest BCUT2D eigenvalue weighted by atomic mass is 10.1. The standard InChI is InChI=1S/C14H19N3O4/c1-15-13-11(4-3-5-12(13)17(19)20)14(18)16-9-6-7-10(8-9)21-2/h3-5,9-10,15H,6-8H2,1-2H3,(H,16,18). The summed E-state index contributed by atoms with van der Waals surface area (Å²) in [5.41, 5.74) is 0.417. The summed E-state index contributed by atoms with van der Waals surface area (Å²) in [5, 5.41) is 16.7. The Balaban J connectivity index is 2.16. The predicted molar refractivity (Wildman–Crippen MR) is 78.5 cm³/mol. The number of nitrogens with one attached hydrogen (secondary N) is 2. The van der Waals surface area contributed by atoms with E-state index >= 15 is 0 Å². The zero-order valence-corrected chi connectivity index (χ0v) is 12.1. The first-order valence-electron chi connectivity index (χ1n) is 6.85. The van der Waals surface area contributed by atoms with Crippen LogP contribution < -0.4 is 10.6 Å². The van der Waals surface area contributed by atoms with Gasteiger partial charge in [0.25, 0.3) is 11.6 Å². The molecule has 2 atom stereocenters. The molecule has 1 aromatic rings. The van der Waals surface area contributed by atoms with Crippen molar-refractivity contribution in [3.05, 3.63) is 33.9 Å². The number of carbonyl (C=O) groups excluding carboxylic acids is 1. The predicted octanol–water partition coefficient (Wildman–Crippen LogP) is 1.93. The average Bonchev–Trinajstić information content (AvgIpc) is 2.93. The Kier molecular flexibility index (Phi) is 4.74. The summed E-state index contributed by atoms with van der Waals surface area (Å²) in [6.07, 6.45) is 2.71. The van der Waals surface area contributed by atoms with E-state index in [-0.39, 0.29) is 35.0 Å². The van der Waals surface area contributed by atoms with Gasteiger partial charge in [0.2, 0.25) is 0 Å². The highest BCUT2D eigenvalue weighted by molar-refractivity contribution is 6.01. The molecule has 0 aliphatic heterocycles. The van der Waals surface area contributed by atoms with Gasteiger partial charge in [-0.1, -0.05) is 6.07 Å². The van der Waals surface area contributed by atoms with Gasteiger partial charge in [-0.15, -0.1) is 0 Å². The van der Waals surface area contributed by atoms with Gasteiger partial charge in [-0.2, -0.15) is 0 Å². The fourth-order valence-corrected chi connectivity index (χ4v) is 2.69. The number of rotatable bonds is 5. The highest BCUT2D eigenvalue weighted by Crippen LogP contribution is 2.28. The van der Waals surface area contributed by atoms with Crippen molar-refractivity contribution >= 4 is 17.3 Å². The fourth-order valence-electron chi connectivity index (χ4n) is 2.69. The lowest BCUT2D eigenvalue weighted by molar-refractivity contribution is -0.384. The van der Waals surface area contributed by atoms with Crippen LogP contribution in [-0.2, 0) is 4.74 Å². The number of carbonyl (C=O) groups is 1. The number of ether oxygens (including phenoxy) is 1. The number of methoxy groups -OCH3 is 1. The van der Waals surface area contributed by atoms with Gasteiger partial charge in [-0.3, -0.25) is 14.9 Å². The molecule has 1 aliphatic rings. The molecule has 7 nitrogen and oxygen atoms in total. The molecule has 1 aliphatic carbocycles. The van der Waals surface area contributed by atoms with Crippen LogP contribution in [0.2, 0.25) is 0 Å². The maximum Gasteiger partial charge on any atom is 0.293 e. The van der Waals surface area contributed by atoms with Gasteiger partial charge in [-0.05, 0) is 25.3 Å². The van der Waals surface area contributed by atoms with Gasteiger partial charge >= 0.3 is 0 Å². The fraction of sp³-hybridized carbons (Fsp3) is 0.500. The van der Waals surface area contributed by atoms with Crippen LogP contribution in [0.25, 0.3) is 0 Å². The zero-order valence-electron chi connectivity index (χ0n) is 12.1. The number of amides is 1. The summed E-state index contributed by atoms with van der Waals surface area (Å²) in [7, 11) is 3.23. The van der Waals surface area contributed by atoms with E-state index in [0.717, 1.165) is 19.3 Å². The molecule has 1 amide bonds. The van der Waals surface area contributed by atoms with Crippen LogP contribution in [0.15, 0.2) is 18.2 Å². The van der Waals surface area contributed by atoms with Crippen LogP contribution in [-0.4, -0.2) is 37.1 Å². The lowest BCUT2D eigenvalue weighted by Crippen LogP contribution is -2.33. The molecule has 0 radical (unpaired) electrons. The van der Waals surface area contributed by atoms with Crippen LogP contribution in [0.5, 0.6) is 0 Å². The molecule has 0 heterocycles. The third-order valence-corrected chi connectivity index (χ3v) is 3.79. The quantitative estimate of drug-likeness (QED) is 0.639. The van der Waals surface area contributed by atoms with Gasteiger partial charge in [0, 0.05) is 26.3 Å². The number of anilines is 1. The molecular formula is C14H19N3O4. The van der Waals surface area contributed by atoms with E-state index in [4.69, 9.17) is 4.74 Å². The smallest absolute Gasteiger partial charge is 0.293 e. The molecule has 1 aromatic carbocycles. The number of nitro benzene ring substituents is 1. The highest BCUT2D eigenvalue weighted by atomic mass is 16.6. The molecule has 2 N–H and O–H groups in total. The van der Waals surface area contributed by atoms with Crippen LogP contribution in [0.1, 0.15) is 29.6 Å². The van der Waals surface area contributed by atoms with Gasteiger partial charge in [-0.25, -0.2) is 0 Å². The number of nitrogens with zero attached hydrogens (tertiary/aromatic N) is 1. The molecule has 0 spiro atoms. The molecule has 114 valence electrons. The van der Waals surface area contributed by atoms with E-state index < -0.39 is 4.92 Å². The Bertz CT molecular complexity index is 547. The minimum atomic E-state index is -0.501. The number of hydrogen-bond acceptors (Lipinski definition) is 5. The van der Waals surface area contributed by atoms with E-state index in [1.165, 1.54) is 12.1 Å². The summed E-state index contributed by atoms with van der Waals surface area (Å²) < 4.78 is 5.27. The molecule has 7 heteroatoms. The normalized spacial score (nSPS) is 21.0. The topological polar surface area (TPSA) is 93.5 Å². The van der Waals surface area contributed by atoms with Crippen LogP contribution in [0.4, 0.5) is 11.4 Å². The van der Waals surface area contributed by atoms with Crippen molar-refractivity contribution < 1.29 is 14.5 Å². The van der Waals surface area contributed by atoms with E-state index in [2.05, 4.69) is 10.6 Å². The Labute approximate surface area is 122 Å². The Morgan fingerprint density at radius 2 is 2.19 bits per heavy atom. The number of nitro groups is 1. The molecular weight excluding hydrogens is 274 g/mol. The van der Waals surface area contributed by atoms with Crippen molar-refractivity contribution in [3.8, 4) is 0 Å². The first kappa shape index (κ1) is 15.2. The molecule has 0 bridgehead atoms. The molecule has 0 saturated heterocycles. The van der Waals surface area contributed by atoms with Gasteiger partial charge in [0.15, 0.2) is 0 Å². The molecule has 0 aromatic heterocycles. The first-order chi connectivity index (χ1) is 10.1. The lowest BCUT2D eigenvalue weighted by Gasteiger charge is -2.15. The van der Waals surface area contributed by atoms with E-state index in [1.54, 1.807) is 20.2 Å². The second-order valence-electron chi connectivity index (χ2n) is 5.05. The van der Waals surface area contributed by atoms with Crippen molar-refractivity contribution in [1.82, 2.24) is 5.32 Å². The van der Waals surface area contributed by atoms with Crippen molar-refractivity contribution in [2.45, 2.75) is 31.4 Å². The summed E-state index contributed by atoms with van der Waals surface area (Å²) in [6.45, 7) is 0. The SMILES string of the molecule is CNc1c(C(=O)NC2CCC(OC)C2)cccc1[N+](=O)[O-].